The molecule has 0 aliphatic carbocycles. The van der Waals surface area contributed by atoms with E-state index in [1.54, 1.807) is 17.3 Å². The van der Waals surface area contributed by atoms with E-state index in [9.17, 15) is 0 Å². The molecule has 3 heteroatoms. The molecule has 10 fully saturated rings. The maximum absolute atomic E-state index is 4.59. The molecule has 12 rings (SSSR count). The SMILES string of the molecule is Cc1ccccc1C(P)(c1ccccc1C)[C]12[CH]3[C]4(C(C)(C)C)[C]5(C(C)(C)C)[C]1(CP(C(C)(C)C)C(C)(C)C)[Fe]32451678[CH]2[CH]1[CH]6[CH]7[CH]28. The van der Waals surface area contributed by atoms with E-state index in [1.807, 2.05) is 0 Å². The van der Waals surface area contributed by atoms with Crippen molar-refractivity contribution in [3.8, 4) is 0 Å². The van der Waals surface area contributed by atoms with E-state index >= 15 is 0 Å². The van der Waals surface area contributed by atoms with Crippen molar-refractivity contribution in [2.75, 3.05) is 6.16 Å². The van der Waals surface area contributed by atoms with E-state index in [0.29, 0.717) is 38.4 Å². The molecule has 45 heavy (non-hydrogen) atoms. The average Bonchev–Trinajstić information content (AvgIpc) is 3.83. The molecule has 0 radical (unpaired) electrons. The van der Waals surface area contributed by atoms with Crippen LogP contribution in [-0.2, 0) is 11.7 Å². The molecular weight excluding hydrogens is 622 g/mol. The number of benzene rings is 2. The molecule has 2 aromatic carbocycles. The first-order valence-electron chi connectivity index (χ1n) is 18.2. The average molecular weight is 683 g/mol. The zero-order valence-corrected chi connectivity index (χ0v) is 33.8. The van der Waals surface area contributed by atoms with Crippen LogP contribution in [0, 0.1) is 24.7 Å². The summed E-state index contributed by atoms with van der Waals surface area (Å²) in [6.07, 6.45) is 1.58. The molecule has 0 aromatic heterocycles. The van der Waals surface area contributed by atoms with Crippen molar-refractivity contribution in [2.45, 2.75) is 159 Å². The Kier molecular flexibility index (Phi) is 2.49. The normalized spacial score (nSPS) is 59.5. The molecule has 10 saturated heterocycles. The summed E-state index contributed by atoms with van der Waals surface area (Å²) in [5.74, 6) is 0. The van der Waals surface area contributed by atoms with Gasteiger partial charge < -0.3 is 0 Å². The van der Waals surface area contributed by atoms with Crippen LogP contribution in [-0.4, -0.2) is 16.5 Å². The number of rotatable bonds is 5. The van der Waals surface area contributed by atoms with E-state index in [0.717, 1.165) is 4.82 Å². The van der Waals surface area contributed by atoms with Crippen LogP contribution in [0.2, 0.25) is 46.2 Å². The Labute approximate surface area is 268 Å². The molecule has 6 unspecified atom stereocenters. The monoisotopic (exact) mass is 682 g/mol. The minimum atomic E-state index is -4.59. The van der Waals surface area contributed by atoms with Crippen molar-refractivity contribution in [3.05, 3.63) is 70.8 Å². The topological polar surface area (TPSA) is 0 Å². The zero-order valence-electron chi connectivity index (χ0n) is 30.7. The van der Waals surface area contributed by atoms with Crippen LogP contribution in [0.15, 0.2) is 48.5 Å². The Morgan fingerprint density at radius 1 is 0.622 bits per heavy atom. The van der Waals surface area contributed by atoms with Gasteiger partial charge >= 0.3 is 270 Å². The van der Waals surface area contributed by atoms with Crippen LogP contribution in [0.25, 0.3) is 0 Å². The molecule has 10 heterocycles. The van der Waals surface area contributed by atoms with Crippen molar-refractivity contribution < 1.29 is 6.51 Å². The first-order valence-corrected chi connectivity index (χ1v) is 26.4. The molecule has 10 aliphatic rings. The summed E-state index contributed by atoms with van der Waals surface area (Å²) in [4.78, 5) is 6.98. The predicted octanol–water partition coefficient (Wildman–Crippen LogP) is 13.5. The summed E-state index contributed by atoms with van der Waals surface area (Å²) < 4.78 is 2.44. The number of hydrogen-bond donors (Lipinski definition) is 0. The summed E-state index contributed by atoms with van der Waals surface area (Å²) in [6.45, 7) is 32.9. The van der Waals surface area contributed by atoms with Gasteiger partial charge in [0.1, 0.15) is 0 Å². The molecule has 6 atom stereocenters. The summed E-state index contributed by atoms with van der Waals surface area (Å²) in [7, 11) is 3.69. The molecule has 1 spiro atoms. The number of hydrogen-bond acceptors (Lipinski definition) is 0. The molecule has 10 aliphatic heterocycles. The van der Waals surface area contributed by atoms with E-state index in [1.165, 1.54) is 35.2 Å². The van der Waals surface area contributed by atoms with Crippen molar-refractivity contribution in [2.24, 2.45) is 10.8 Å². The van der Waals surface area contributed by atoms with Gasteiger partial charge in [-0.1, -0.05) is 0 Å². The van der Waals surface area contributed by atoms with Crippen LogP contribution in [0.4, 0.5) is 0 Å². The van der Waals surface area contributed by atoms with Gasteiger partial charge in [-0.3, -0.25) is 0 Å². The predicted molar refractivity (Wildman–Crippen MR) is 196 cm³/mol. The van der Waals surface area contributed by atoms with Crippen LogP contribution in [0.5, 0.6) is 0 Å². The molecule has 0 bridgehead atoms. The Bertz CT molecular complexity index is 2170. The van der Waals surface area contributed by atoms with Gasteiger partial charge in [-0.25, -0.2) is 0 Å². The fourth-order valence-electron chi connectivity index (χ4n) is 28.1. The quantitative estimate of drug-likeness (QED) is 0.218. The van der Waals surface area contributed by atoms with Crippen molar-refractivity contribution in [1.29, 1.82) is 0 Å². The second-order valence-electron chi connectivity index (χ2n) is 23.9. The third-order valence-corrected chi connectivity index (χ3v) is 74.4. The summed E-state index contributed by atoms with van der Waals surface area (Å²) in [5, 5.41) is 0.735. The van der Waals surface area contributed by atoms with Gasteiger partial charge in [0.2, 0.25) is 0 Å². The Morgan fingerprint density at radius 3 is 1.33 bits per heavy atom. The second-order valence-corrected chi connectivity index (χ2v) is 51.3. The molecule has 0 nitrogen and oxygen atoms in total. The van der Waals surface area contributed by atoms with Crippen molar-refractivity contribution >= 4 is 17.2 Å². The summed E-state index contributed by atoms with van der Waals surface area (Å²) >= 11 is 0. The Morgan fingerprint density at radius 2 is 1.02 bits per heavy atom. The zero-order chi connectivity index (χ0) is 32.5. The van der Waals surface area contributed by atoms with Crippen LogP contribution in [0.1, 0.15) is 105 Å². The Balaban J connectivity index is 1.30. The minimum absolute atomic E-state index is 0.0152. The molecular formula is C42H60FeP2. The van der Waals surface area contributed by atoms with Gasteiger partial charge in [-0.05, 0) is 0 Å². The maximum atomic E-state index is 3.88. The molecule has 0 amide bonds. The van der Waals surface area contributed by atoms with Crippen LogP contribution in [0.3, 0.4) is 0 Å². The van der Waals surface area contributed by atoms with Gasteiger partial charge in [0.05, 0.1) is 0 Å². The van der Waals surface area contributed by atoms with E-state index in [2.05, 4.69) is 155 Å². The first kappa shape index (κ1) is 27.6. The van der Waals surface area contributed by atoms with Crippen molar-refractivity contribution in [1.82, 2.24) is 0 Å². The summed E-state index contributed by atoms with van der Waals surface area (Å²) in [5.41, 5.74) is 7.21. The third kappa shape index (κ3) is 0.692. The van der Waals surface area contributed by atoms with Gasteiger partial charge in [-0.15, -0.1) is 0 Å². The molecule has 0 N–H and O–H groups in total. The van der Waals surface area contributed by atoms with E-state index in [-0.39, 0.29) is 13.1 Å². The van der Waals surface area contributed by atoms with Crippen LogP contribution < -0.4 is 0 Å². The second kappa shape index (κ2) is 4.05. The molecule has 2 aromatic rings. The first-order chi connectivity index (χ1) is 20.3. The van der Waals surface area contributed by atoms with Gasteiger partial charge in [-0.2, -0.15) is 0 Å². The standard InChI is InChI=1S/C37H55P2.C5H5.Fe/c1-25-19-15-17-21-28(25)37(38,29-22-18-16-20-26(29)2)30-23-31(33(3,4)5)32(34(6,7)8)27(30)24-39(35(9,10)11)36(12,13)14;1-2-4-5-3-1;/h15-23H,24,38H2,1-14H3;1-5H;. The third-order valence-electron chi connectivity index (χ3n) is 23.3. The van der Waals surface area contributed by atoms with E-state index in [4.69, 9.17) is 0 Å². The molecule has 0 saturated carbocycles. The van der Waals surface area contributed by atoms with Gasteiger partial charge in [0.15, 0.2) is 0 Å². The van der Waals surface area contributed by atoms with Crippen molar-refractivity contribution in [3.63, 3.8) is 0 Å². The van der Waals surface area contributed by atoms with Gasteiger partial charge in [0.25, 0.3) is 0 Å². The Hall–Kier alpha value is -0.181. The fraction of sp³-hybridized carbons (Fsp3) is 0.714. The molecule has 246 valence electrons. The number of fused-ring (bicyclic) bond motifs is 10. The fourth-order valence-corrected chi connectivity index (χ4v) is 125. The van der Waals surface area contributed by atoms with Crippen LogP contribution >= 0.6 is 17.2 Å². The van der Waals surface area contributed by atoms with Gasteiger partial charge in [0, 0.05) is 0 Å². The van der Waals surface area contributed by atoms with E-state index < -0.39 is 6.51 Å². The summed E-state index contributed by atoms with van der Waals surface area (Å²) in [6, 6.07) is 19.5. The number of aryl methyl sites for hydroxylation is 2.